The van der Waals surface area contributed by atoms with E-state index >= 15 is 0 Å². The number of nitrogens with zero attached hydrogens (tertiary/aromatic N) is 2. The fourth-order valence-corrected chi connectivity index (χ4v) is 3.58. The molecule has 2 aromatic carbocycles. The van der Waals surface area contributed by atoms with Crippen molar-refractivity contribution in [2.24, 2.45) is 0 Å². The summed E-state index contributed by atoms with van der Waals surface area (Å²) < 4.78 is 26.7. The number of carbonyl (C=O) groups is 3. The van der Waals surface area contributed by atoms with Gasteiger partial charge in [-0.3, -0.25) is 19.3 Å². The van der Waals surface area contributed by atoms with E-state index in [-0.39, 0.29) is 47.0 Å². The maximum absolute atomic E-state index is 13.3. The zero-order valence-corrected chi connectivity index (χ0v) is 19.1. The minimum absolute atomic E-state index is 0.0506. The Morgan fingerprint density at radius 2 is 1.68 bits per heavy atom. The normalized spacial score (nSPS) is 15.0. The van der Waals surface area contributed by atoms with Gasteiger partial charge in [-0.25, -0.2) is 8.78 Å². The molecule has 0 spiro atoms. The molecule has 8 nitrogen and oxygen atoms in total. The minimum atomic E-state index is -0.884. The molecule has 10 heteroatoms. The molecule has 1 heterocycles. The number of aromatic hydroxyl groups is 1. The lowest BCUT2D eigenvalue weighted by Gasteiger charge is -2.34. The first-order chi connectivity index (χ1) is 16.2. The summed E-state index contributed by atoms with van der Waals surface area (Å²) >= 11 is 0. The van der Waals surface area contributed by atoms with Crippen molar-refractivity contribution in [1.29, 1.82) is 0 Å². The Bertz CT molecular complexity index is 1050. The third kappa shape index (κ3) is 6.50. The Hall–Kier alpha value is -3.53. The number of phenols is 1. The first kappa shape index (κ1) is 25.1. The van der Waals surface area contributed by atoms with Gasteiger partial charge >= 0.3 is 0 Å². The topological polar surface area (TPSA) is 102 Å². The van der Waals surface area contributed by atoms with Gasteiger partial charge in [0.1, 0.15) is 17.4 Å². The molecule has 1 aliphatic rings. The smallest absolute Gasteiger partial charge is 0.257 e. The van der Waals surface area contributed by atoms with E-state index in [0.29, 0.717) is 32.2 Å². The summed E-state index contributed by atoms with van der Waals surface area (Å²) in [5, 5.41) is 15.7. The third-order valence-corrected chi connectivity index (χ3v) is 5.66. The molecule has 1 atom stereocenters. The van der Waals surface area contributed by atoms with Gasteiger partial charge in [0.2, 0.25) is 5.91 Å². The predicted octanol–water partition coefficient (Wildman–Crippen LogP) is 2.60. The average molecular weight is 475 g/mol. The van der Waals surface area contributed by atoms with E-state index in [9.17, 15) is 28.3 Å². The first-order valence-corrected chi connectivity index (χ1v) is 11.1. The Kier molecular flexibility index (Phi) is 8.17. The molecule has 2 aromatic rings. The molecule has 3 rings (SSSR count). The molecule has 0 aromatic heterocycles. The van der Waals surface area contributed by atoms with Gasteiger partial charge in [-0.2, -0.15) is 0 Å². The summed E-state index contributed by atoms with van der Waals surface area (Å²) in [5.41, 5.74) is 0.0199. The van der Waals surface area contributed by atoms with E-state index in [1.54, 1.807) is 4.90 Å². The van der Waals surface area contributed by atoms with Crippen LogP contribution in [0.2, 0.25) is 0 Å². The van der Waals surface area contributed by atoms with E-state index in [1.807, 2.05) is 18.7 Å². The molecule has 3 amide bonds. The SMILES string of the molecule is CCC(C)NC(=O)CN1CCN(C(=O)c2ccc(NC(=O)c3cc(F)cc(F)c3)cc2O)CC1. The molecule has 1 saturated heterocycles. The quantitative estimate of drug-likeness (QED) is 0.573. The van der Waals surface area contributed by atoms with Crippen molar-refractivity contribution >= 4 is 23.4 Å². The number of piperazine rings is 1. The fourth-order valence-electron chi connectivity index (χ4n) is 3.58. The van der Waals surface area contributed by atoms with Crippen LogP contribution in [0.15, 0.2) is 36.4 Å². The molecular formula is C24H28F2N4O4. The highest BCUT2D eigenvalue weighted by Crippen LogP contribution is 2.24. The lowest BCUT2D eigenvalue weighted by atomic mass is 10.1. The molecule has 3 N–H and O–H groups in total. The van der Waals surface area contributed by atoms with Crippen LogP contribution >= 0.6 is 0 Å². The molecule has 0 aliphatic carbocycles. The molecule has 182 valence electrons. The number of benzene rings is 2. The summed E-state index contributed by atoms with van der Waals surface area (Å²) in [6.45, 7) is 6.06. The van der Waals surface area contributed by atoms with Crippen molar-refractivity contribution in [2.45, 2.75) is 26.3 Å². The summed E-state index contributed by atoms with van der Waals surface area (Å²) in [6, 6.07) is 6.57. The predicted molar refractivity (Wildman–Crippen MR) is 123 cm³/mol. The molecule has 0 radical (unpaired) electrons. The Balaban J connectivity index is 1.57. The number of halogens is 2. The zero-order chi connectivity index (χ0) is 24.8. The molecule has 0 bridgehead atoms. The van der Waals surface area contributed by atoms with Crippen LogP contribution < -0.4 is 10.6 Å². The monoisotopic (exact) mass is 474 g/mol. The van der Waals surface area contributed by atoms with Crippen LogP contribution in [0.5, 0.6) is 5.75 Å². The number of hydrogen-bond acceptors (Lipinski definition) is 5. The van der Waals surface area contributed by atoms with Gasteiger partial charge in [0.25, 0.3) is 11.8 Å². The van der Waals surface area contributed by atoms with Gasteiger partial charge < -0.3 is 20.6 Å². The van der Waals surface area contributed by atoms with Crippen LogP contribution in [0.25, 0.3) is 0 Å². The number of carbonyl (C=O) groups excluding carboxylic acids is 3. The summed E-state index contributed by atoms with van der Waals surface area (Å²) in [5.74, 6) is -3.28. The standard InChI is InChI=1S/C24H28F2N4O4/c1-3-15(2)27-22(32)14-29-6-8-30(9-7-29)24(34)20-5-4-19(13-21(20)31)28-23(33)16-10-17(25)12-18(26)11-16/h4-5,10-13,15,31H,3,6-9,14H2,1-2H3,(H,27,32)(H,28,33). The van der Waals surface area contributed by atoms with Gasteiger partial charge in [-0.05, 0) is 37.6 Å². The van der Waals surface area contributed by atoms with Crippen molar-refractivity contribution < 1.29 is 28.3 Å². The largest absolute Gasteiger partial charge is 0.507 e. The van der Waals surface area contributed by atoms with Crippen molar-refractivity contribution in [1.82, 2.24) is 15.1 Å². The highest BCUT2D eigenvalue weighted by Gasteiger charge is 2.25. The van der Waals surface area contributed by atoms with E-state index in [0.717, 1.165) is 18.6 Å². The lowest BCUT2D eigenvalue weighted by Crippen LogP contribution is -2.51. The molecule has 1 fully saturated rings. The number of nitrogens with one attached hydrogen (secondary N) is 2. The Morgan fingerprint density at radius 1 is 1.03 bits per heavy atom. The highest BCUT2D eigenvalue weighted by atomic mass is 19.1. The van der Waals surface area contributed by atoms with Crippen LogP contribution in [0.1, 0.15) is 41.0 Å². The van der Waals surface area contributed by atoms with Crippen LogP contribution in [0.3, 0.4) is 0 Å². The van der Waals surface area contributed by atoms with E-state index in [4.69, 9.17) is 0 Å². The van der Waals surface area contributed by atoms with Gasteiger partial charge in [-0.15, -0.1) is 0 Å². The third-order valence-electron chi connectivity index (χ3n) is 5.66. The van der Waals surface area contributed by atoms with E-state index in [1.165, 1.54) is 18.2 Å². The summed E-state index contributed by atoms with van der Waals surface area (Å²) in [4.78, 5) is 40.7. The fraction of sp³-hybridized carbons (Fsp3) is 0.375. The van der Waals surface area contributed by atoms with Crippen molar-refractivity contribution in [3.05, 3.63) is 59.2 Å². The number of anilines is 1. The zero-order valence-electron chi connectivity index (χ0n) is 19.1. The van der Waals surface area contributed by atoms with Crippen LogP contribution in [0.4, 0.5) is 14.5 Å². The first-order valence-electron chi connectivity index (χ1n) is 11.1. The average Bonchev–Trinajstić information content (AvgIpc) is 2.78. The van der Waals surface area contributed by atoms with Crippen LogP contribution in [-0.4, -0.2) is 71.4 Å². The number of amides is 3. The molecule has 34 heavy (non-hydrogen) atoms. The number of phenolic OH excluding ortho intramolecular Hbond substituents is 1. The molecule has 1 unspecified atom stereocenters. The van der Waals surface area contributed by atoms with Gasteiger partial charge in [-0.1, -0.05) is 6.92 Å². The summed E-state index contributed by atoms with van der Waals surface area (Å²) in [7, 11) is 0. The number of hydrogen-bond donors (Lipinski definition) is 3. The van der Waals surface area contributed by atoms with E-state index in [2.05, 4.69) is 10.6 Å². The minimum Gasteiger partial charge on any atom is -0.507 e. The van der Waals surface area contributed by atoms with E-state index < -0.39 is 17.5 Å². The second kappa shape index (κ2) is 11.1. The summed E-state index contributed by atoms with van der Waals surface area (Å²) in [6.07, 6.45) is 0.851. The molecular weight excluding hydrogens is 446 g/mol. The van der Waals surface area contributed by atoms with Gasteiger partial charge in [0, 0.05) is 55.6 Å². The van der Waals surface area contributed by atoms with Crippen molar-refractivity contribution in [3.8, 4) is 5.75 Å². The van der Waals surface area contributed by atoms with Gasteiger partial charge in [0.05, 0.1) is 12.1 Å². The lowest BCUT2D eigenvalue weighted by molar-refractivity contribution is -0.123. The van der Waals surface area contributed by atoms with Crippen molar-refractivity contribution in [3.63, 3.8) is 0 Å². The second-order valence-electron chi connectivity index (χ2n) is 8.29. The highest BCUT2D eigenvalue weighted by molar-refractivity contribution is 6.05. The van der Waals surface area contributed by atoms with Crippen LogP contribution in [-0.2, 0) is 4.79 Å². The Labute approximate surface area is 196 Å². The Morgan fingerprint density at radius 3 is 2.26 bits per heavy atom. The van der Waals surface area contributed by atoms with Crippen LogP contribution in [0, 0.1) is 11.6 Å². The maximum Gasteiger partial charge on any atom is 0.257 e. The number of rotatable bonds is 7. The molecule has 0 saturated carbocycles. The second-order valence-corrected chi connectivity index (χ2v) is 8.29. The maximum atomic E-state index is 13.3. The van der Waals surface area contributed by atoms with Crippen molar-refractivity contribution in [2.75, 3.05) is 38.0 Å². The molecule has 1 aliphatic heterocycles. The van der Waals surface area contributed by atoms with Gasteiger partial charge in [0.15, 0.2) is 0 Å².